The third-order valence-electron chi connectivity index (χ3n) is 6.91. The first kappa shape index (κ1) is 25.3. The van der Waals surface area contributed by atoms with Crippen molar-refractivity contribution >= 4 is 35.2 Å². The van der Waals surface area contributed by atoms with Crippen LogP contribution in [0.2, 0.25) is 0 Å². The molecule has 38 heavy (non-hydrogen) atoms. The van der Waals surface area contributed by atoms with Crippen molar-refractivity contribution in [2.75, 3.05) is 9.80 Å². The second kappa shape index (κ2) is 9.20. The highest BCUT2D eigenvalue weighted by atomic mass is 19.1. The number of amides is 4. The van der Waals surface area contributed by atoms with Gasteiger partial charge < -0.3 is 4.74 Å². The van der Waals surface area contributed by atoms with Crippen LogP contribution in [0.4, 0.5) is 20.6 Å². The Morgan fingerprint density at radius 3 is 2.34 bits per heavy atom. The zero-order valence-electron chi connectivity index (χ0n) is 21.3. The zero-order valence-corrected chi connectivity index (χ0v) is 21.3. The van der Waals surface area contributed by atoms with E-state index in [4.69, 9.17) is 4.74 Å². The van der Waals surface area contributed by atoms with Gasteiger partial charge in [0.15, 0.2) is 0 Å². The molecule has 0 bridgehead atoms. The van der Waals surface area contributed by atoms with Gasteiger partial charge in [0.2, 0.25) is 17.7 Å². The van der Waals surface area contributed by atoms with E-state index in [1.807, 2.05) is 0 Å². The predicted molar refractivity (Wildman–Crippen MR) is 139 cm³/mol. The minimum atomic E-state index is -1.64. The number of nitrogens with zero attached hydrogens (tertiary/aromatic N) is 2. The number of hydrogen-bond donors (Lipinski definition) is 0. The quantitative estimate of drug-likeness (QED) is 0.449. The van der Waals surface area contributed by atoms with Crippen LogP contribution >= 0.6 is 0 Å². The summed E-state index contributed by atoms with van der Waals surface area (Å²) >= 11 is 0. The number of carbonyl (C=O) groups is 4. The summed E-state index contributed by atoms with van der Waals surface area (Å²) in [5, 5.41) is 0. The molecule has 0 aliphatic carbocycles. The molecule has 194 valence electrons. The molecule has 3 aromatic carbocycles. The molecule has 7 nitrogen and oxygen atoms in total. The topological polar surface area (TPSA) is 84.0 Å². The fourth-order valence-corrected chi connectivity index (χ4v) is 5.42. The van der Waals surface area contributed by atoms with E-state index < -0.39 is 46.6 Å². The molecule has 5 rings (SSSR count). The number of imide groups is 2. The maximum atomic E-state index is 14.4. The Morgan fingerprint density at radius 1 is 0.974 bits per heavy atom. The van der Waals surface area contributed by atoms with E-state index >= 15 is 0 Å². The van der Waals surface area contributed by atoms with Crippen LogP contribution in [0.5, 0.6) is 0 Å². The Balaban J connectivity index is 1.69. The predicted octanol–water partition coefficient (Wildman–Crippen LogP) is 5.17. The van der Waals surface area contributed by atoms with E-state index in [-0.39, 0.29) is 18.5 Å². The molecule has 0 spiro atoms. The molecule has 0 unspecified atom stereocenters. The highest BCUT2D eigenvalue weighted by Gasteiger charge is 2.63. The lowest BCUT2D eigenvalue weighted by molar-refractivity contribution is -0.131. The molecule has 2 aliphatic rings. The molecule has 0 aromatic heterocycles. The summed E-state index contributed by atoms with van der Waals surface area (Å²) in [6, 6.07) is 20.9. The Hall–Kier alpha value is -4.33. The Morgan fingerprint density at radius 2 is 1.66 bits per heavy atom. The number of hydrogen-bond acceptors (Lipinski definition) is 5. The summed E-state index contributed by atoms with van der Waals surface area (Å²) in [6.45, 7) is 5.07. The number of benzene rings is 3. The summed E-state index contributed by atoms with van der Waals surface area (Å²) in [5.74, 6) is -3.31. The molecule has 1 saturated heterocycles. The van der Waals surface area contributed by atoms with Crippen molar-refractivity contribution in [1.29, 1.82) is 0 Å². The highest BCUT2D eigenvalue weighted by molar-refractivity contribution is 6.27. The van der Waals surface area contributed by atoms with Gasteiger partial charge in [-0.15, -0.1) is 0 Å². The molecule has 8 heteroatoms. The first-order valence-corrected chi connectivity index (χ1v) is 12.4. The average molecular weight is 515 g/mol. The summed E-state index contributed by atoms with van der Waals surface area (Å²) in [4.78, 5) is 57.0. The largest absolute Gasteiger partial charge is 0.443 e. The van der Waals surface area contributed by atoms with Crippen LogP contribution in [0.25, 0.3) is 0 Å². The fraction of sp³-hybridized carbons (Fsp3) is 0.267. The van der Waals surface area contributed by atoms with Crippen molar-refractivity contribution in [2.45, 2.75) is 44.6 Å². The SMILES string of the molecule is CC(C)(C)OC(=O)N1C(=O)[C@@](Cc2cccc(F)c2)([C@@H]2CC(=O)N(c3ccccc3)C2=O)c2ccccc21. The third kappa shape index (κ3) is 4.16. The molecule has 4 amide bonds. The molecular formula is C30H27FN2O5. The van der Waals surface area contributed by atoms with Gasteiger partial charge in [0.1, 0.15) is 11.4 Å². The minimum Gasteiger partial charge on any atom is -0.443 e. The number of anilines is 2. The summed E-state index contributed by atoms with van der Waals surface area (Å²) in [7, 11) is 0. The number of rotatable bonds is 4. The monoisotopic (exact) mass is 514 g/mol. The van der Waals surface area contributed by atoms with E-state index in [0.29, 0.717) is 16.8 Å². The Labute approximate surface area is 219 Å². The van der Waals surface area contributed by atoms with Crippen molar-refractivity contribution in [3.05, 3.63) is 95.8 Å². The van der Waals surface area contributed by atoms with E-state index in [9.17, 15) is 23.6 Å². The maximum absolute atomic E-state index is 14.4. The molecule has 2 atom stereocenters. The number of carbonyl (C=O) groups excluding carboxylic acids is 4. The normalized spacial score (nSPS) is 21.2. The van der Waals surface area contributed by atoms with Gasteiger partial charge in [0, 0.05) is 6.42 Å². The van der Waals surface area contributed by atoms with Crippen molar-refractivity contribution in [2.24, 2.45) is 5.92 Å². The average Bonchev–Trinajstić information content (AvgIpc) is 3.29. The van der Waals surface area contributed by atoms with Gasteiger partial charge in [-0.25, -0.2) is 14.1 Å². The van der Waals surface area contributed by atoms with E-state index in [1.54, 1.807) is 81.4 Å². The second-order valence-electron chi connectivity index (χ2n) is 10.6. The maximum Gasteiger partial charge on any atom is 0.421 e. The number of halogens is 1. The van der Waals surface area contributed by atoms with Crippen LogP contribution in [0.3, 0.4) is 0 Å². The van der Waals surface area contributed by atoms with Gasteiger partial charge in [-0.2, -0.15) is 0 Å². The van der Waals surface area contributed by atoms with Crippen molar-refractivity contribution in [3.63, 3.8) is 0 Å². The molecule has 2 heterocycles. The molecule has 3 aromatic rings. The van der Waals surface area contributed by atoms with Crippen LogP contribution in [0.1, 0.15) is 38.3 Å². The minimum absolute atomic E-state index is 0.0911. The van der Waals surface area contributed by atoms with Gasteiger partial charge >= 0.3 is 6.09 Å². The van der Waals surface area contributed by atoms with Crippen LogP contribution < -0.4 is 9.80 Å². The van der Waals surface area contributed by atoms with Gasteiger partial charge in [0.25, 0.3) is 0 Å². The molecule has 0 N–H and O–H groups in total. The number of ether oxygens (including phenoxy) is 1. The van der Waals surface area contributed by atoms with Crippen molar-refractivity contribution in [3.8, 4) is 0 Å². The van der Waals surface area contributed by atoms with E-state index in [2.05, 4.69) is 0 Å². The van der Waals surface area contributed by atoms with Gasteiger partial charge in [-0.3, -0.25) is 19.3 Å². The first-order chi connectivity index (χ1) is 18.0. The first-order valence-electron chi connectivity index (χ1n) is 12.4. The van der Waals surface area contributed by atoms with E-state index in [1.165, 1.54) is 18.2 Å². The number of fused-ring (bicyclic) bond motifs is 1. The number of para-hydroxylation sites is 2. The lowest BCUT2D eigenvalue weighted by atomic mass is 9.66. The standard InChI is InChI=1S/C30H27FN2O5/c1-29(2,3)38-28(37)33-24-15-8-7-14-22(24)30(27(33)36,18-19-10-9-11-20(31)16-19)23-17-25(34)32(26(23)35)21-12-5-4-6-13-21/h4-16,23H,17-18H2,1-3H3/t23-,30-/m1/s1. The zero-order chi connectivity index (χ0) is 27.2. The van der Waals surface area contributed by atoms with Crippen LogP contribution in [-0.4, -0.2) is 29.4 Å². The van der Waals surface area contributed by atoms with Crippen LogP contribution in [-0.2, 0) is 31.0 Å². The molecular weight excluding hydrogens is 487 g/mol. The van der Waals surface area contributed by atoms with Crippen LogP contribution in [0.15, 0.2) is 78.9 Å². The summed E-state index contributed by atoms with van der Waals surface area (Å²) in [6.07, 6.45) is -1.22. The molecule has 0 radical (unpaired) electrons. The van der Waals surface area contributed by atoms with Crippen LogP contribution in [0, 0.1) is 11.7 Å². The summed E-state index contributed by atoms with van der Waals surface area (Å²) in [5.41, 5.74) is -0.977. The molecule has 1 fully saturated rings. The smallest absolute Gasteiger partial charge is 0.421 e. The Kier molecular flexibility index (Phi) is 6.13. The van der Waals surface area contributed by atoms with Gasteiger partial charge in [0.05, 0.1) is 22.7 Å². The lowest BCUT2D eigenvalue weighted by Crippen LogP contribution is -2.52. The van der Waals surface area contributed by atoms with Gasteiger partial charge in [-0.05, 0) is 68.7 Å². The van der Waals surface area contributed by atoms with Crippen molar-refractivity contribution in [1.82, 2.24) is 0 Å². The van der Waals surface area contributed by atoms with E-state index in [0.717, 1.165) is 9.80 Å². The Bertz CT molecular complexity index is 1450. The second-order valence-corrected chi connectivity index (χ2v) is 10.6. The molecule has 2 aliphatic heterocycles. The lowest BCUT2D eigenvalue weighted by Gasteiger charge is -2.33. The van der Waals surface area contributed by atoms with Gasteiger partial charge in [-0.1, -0.05) is 48.5 Å². The summed E-state index contributed by atoms with van der Waals surface area (Å²) < 4.78 is 19.8. The van der Waals surface area contributed by atoms with Crippen molar-refractivity contribution < 1.29 is 28.3 Å². The highest BCUT2D eigenvalue weighted by Crippen LogP contribution is 2.52. The molecule has 0 saturated carbocycles. The fourth-order valence-electron chi connectivity index (χ4n) is 5.42. The third-order valence-corrected chi connectivity index (χ3v) is 6.91.